The predicted molar refractivity (Wildman–Crippen MR) is 193 cm³/mol. The summed E-state index contributed by atoms with van der Waals surface area (Å²) in [4.78, 5) is 8.93. The van der Waals surface area contributed by atoms with Gasteiger partial charge in [0.25, 0.3) is 0 Å². The average Bonchev–Trinajstić information content (AvgIpc) is 3.85. The van der Waals surface area contributed by atoms with Crippen molar-refractivity contribution >= 4 is 23.1 Å². The zero-order valence-electron chi connectivity index (χ0n) is 28.7. The molecule has 5 fully saturated rings. The van der Waals surface area contributed by atoms with Gasteiger partial charge in [0.15, 0.2) is 0 Å². The summed E-state index contributed by atoms with van der Waals surface area (Å²) in [6.45, 7) is 18.2. The van der Waals surface area contributed by atoms with E-state index in [9.17, 15) is 0 Å². The molecule has 0 saturated carbocycles. The molecule has 0 radical (unpaired) electrons. The first-order valence-electron chi connectivity index (χ1n) is 17.5. The van der Waals surface area contributed by atoms with Crippen LogP contribution in [-0.4, -0.2) is 96.3 Å². The maximum atomic E-state index is 7.58. The third-order valence-electron chi connectivity index (χ3n) is 11.9. The number of nitrogens with zero attached hydrogens (tertiary/aromatic N) is 5. The summed E-state index contributed by atoms with van der Waals surface area (Å²) in [5.74, 6) is 0.942. The Kier molecular flexibility index (Phi) is 8.88. The molecule has 250 valence electrons. The van der Waals surface area contributed by atoms with Crippen LogP contribution in [0.15, 0.2) is 47.6 Å². The quantitative estimate of drug-likeness (QED) is 0.258. The molecule has 2 atom stereocenters. The number of benzene rings is 1. The molecule has 12 heteroatoms. The van der Waals surface area contributed by atoms with Gasteiger partial charge in [-0.1, -0.05) is 0 Å². The van der Waals surface area contributed by atoms with Gasteiger partial charge < -0.3 is 0 Å². The van der Waals surface area contributed by atoms with Crippen LogP contribution in [-0.2, 0) is 9.94 Å². The van der Waals surface area contributed by atoms with Gasteiger partial charge in [0.2, 0.25) is 0 Å². The van der Waals surface area contributed by atoms with E-state index in [0.29, 0.717) is 0 Å². The van der Waals surface area contributed by atoms with Crippen molar-refractivity contribution in [1.29, 1.82) is 0 Å². The van der Waals surface area contributed by atoms with E-state index in [2.05, 4.69) is 104 Å². The monoisotopic (exact) mass is 677 g/mol. The SMILES string of the molecule is CO[P+]1(N2CCCC2)N[P+](Oc2ccc(C(C)(C)C3=CC=C3C)cc2)(N2CCCC2)NP(C)(N2CCCC2)(N2CCCC2)N1C. The first-order chi connectivity index (χ1) is 21.6. The van der Waals surface area contributed by atoms with Crippen molar-refractivity contribution in [2.75, 3.05) is 73.2 Å². The Balaban J connectivity index is 1.36. The zero-order chi connectivity index (χ0) is 31.5. The van der Waals surface area contributed by atoms with E-state index in [1.165, 1.54) is 68.1 Å². The van der Waals surface area contributed by atoms with E-state index in [-0.39, 0.29) is 5.41 Å². The number of rotatable bonds is 9. The van der Waals surface area contributed by atoms with Gasteiger partial charge in [0.05, 0.1) is 0 Å². The topological polar surface area (TPSA) is 58.7 Å². The minimum absolute atomic E-state index is 0.0314. The number of hydrogen-bond acceptors (Lipinski definition) is 9. The van der Waals surface area contributed by atoms with E-state index in [4.69, 9.17) is 9.05 Å². The van der Waals surface area contributed by atoms with Crippen LogP contribution < -0.4 is 14.2 Å². The summed E-state index contributed by atoms with van der Waals surface area (Å²) < 4.78 is 28.4. The molecule has 45 heavy (non-hydrogen) atoms. The van der Waals surface area contributed by atoms with Gasteiger partial charge in [0, 0.05) is 0 Å². The van der Waals surface area contributed by atoms with Gasteiger partial charge in [-0.05, 0) is 0 Å². The van der Waals surface area contributed by atoms with Crippen molar-refractivity contribution in [3.05, 3.63) is 53.1 Å². The van der Waals surface area contributed by atoms with Gasteiger partial charge in [-0.25, -0.2) is 0 Å². The fourth-order valence-electron chi connectivity index (χ4n) is 8.94. The Morgan fingerprint density at radius 1 is 0.756 bits per heavy atom. The molecule has 0 aromatic heterocycles. The molecule has 7 rings (SSSR count). The second kappa shape index (κ2) is 12.1. The molecule has 0 bridgehead atoms. The summed E-state index contributed by atoms with van der Waals surface area (Å²) in [5.41, 5.74) is 4.11. The van der Waals surface area contributed by atoms with E-state index in [0.717, 1.165) is 58.1 Å². The van der Waals surface area contributed by atoms with Crippen molar-refractivity contribution < 1.29 is 9.05 Å². The Hall–Kier alpha value is -0.530. The van der Waals surface area contributed by atoms with Gasteiger partial charge in [-0.3, -0.25) is 0 Å². The molecular formula is C33H58N7O2P3+2. The third-order valence-corrected chi connectivity index (χ3v) is 28.0. The van der Waals surface area contributed by atoms with Gasteiger partial charge >= 0.3 is 275 Å². The minimum atomic E-state index is -3.15. The normalized spacial score (nSPS) is 34.3. The maximum absolute atomic E-state index is 7.58. The molecular weight excluding hydrogens is 619 g/mol. The van der Waals surface area contributed by atoms with Crippen LogP contribution in [0.2, 0.25) is 0 Å². The summed E-state index contributed by atoms with van der Waals surface area (Å²) in [6.07, 6.45) is 14.4. The van der Waals surface area contributed by atoms with Crippen LogP contribution in [0, 0.1) is 0 Å². The Morgan fingerprint density at radius 3 is 1.73 bits per heavy atom. The first kappa shape index (κ1) is 33.0. The van der Waals surface area contributed by atoms with Crippen molar-refractivity contribution in [2.24, 2.45) is 0 Å². The molecule has 6 aliphatic rings. The van der Waals surface area contributed by atoms with Crippen molar-refractivity contribution in [2.45, 2.75) is 77.6 Å². The fraction of sp³-hybridized carbons (Fsp3) is 0.697. The van der Waals surface area contributed by atoms with E-state index >= 15 is 0 Å². The predicted octanol–water partition coefficient (Wildman–Crippen LogP) is 7.58. The molecule has 0 amide bonds. The van der Waals surface area contributed by atoms with Crippen molar-refractivity contribution in [3.8, 4) is 5.75 Å². The van der Waals surface area contributed by atoms with Crippen LogP contribution in [0.4, 0.5) is 0 Å². The molecule has 1 aromatic carbocycles. The van der Waals surface area contributed by atoms with Crippen LogP contribution in [0.3, 0.4) is 0 Å². The molecule has 5 saturated heterocycles. The third kappa shape index (κ3) is 5.07. The molecule has 0 spiro atoms. The van der Waals surface area contributed by atoms with Gasteiger partial charge in [-0.15, -0.1) is 0 Å². The fourth-order valence-corrected chi connectivity index (χ4v) is 28.6. The summed E-state index contributed by atoms with van der Waals surface area (Å²) in [7, 11) is -3.89. The second-order valence-electron chi connectivity index (χ2n) is 14.7. The summed E-state index contributed by atoms with van der Waals surface area (Å²) >= 11 is 0. The number of nitrogens with one attached hydrogen (secondary N) is 2. The van der Waals surface area contributed by atoms with Crippen LogP contribution >= 0.6 is 23.1 Å². The molecule has 1 aliphatic carbocycles. The molecule has 9 nitrogen and oxygen atoms in total. The van der Waals surface area contributed by atoms with Gasteiger partial charge in [-0.2, -0.15) is 0 Å². The summed E-state index contributed by atoms with van der Waals surface area (Å²) in [5, 5.41) is 0. The van der Waals surface area contributed by atoms with Crippen LogP contribution in [0.5, 0.6) is 5.75 Å². The van der Waals surface area contributed by atoms with Crippen molar-refractivity contribution in [3.63, 3.8) is 0 Å². The Labute approximate surface area is 274 Å². The number of allylic oxidation sites excluding steroid dienone is 4. The standard InChI is InChI=1S/C33H58N7O2P3/c1-29-15-20-32(29)33(2,3)30-16-18-31(19-17-30)42-43(37-21-7-8-22-37)34-44(41-5,38-23-9-10-24-38)36(4)45(6,35-43,39-25-11-12-26-39)40-27-13-14-28-40/h15-20,34-35H,7-14,21-28H2,1-6H3/q+2. The van der Waals surface area contributed by atoms with Crippen LogP contribution in [0.1, 0.15) is 77.7 Å². The molecule has 2 N–H and O–H groups in total. The molecule has 2 unspecified atom stereocenters. The Bertz CT molecular complexity index is 1300. The van der Waals surface area contributed by atoms with Gasteiger partial charge in [0.1, 0.15) is 0 Å². The first-order valence-corrected chi connectivity index (χ1v) is 23.3. The van der Waals surface area contributed by atoms with E-state index < -0.39 is 23.1 Å². The summed E-state index contributed by atoms with van der Waals surface area (Å²) in [6, 6.07) is 9.05. The second-order valence-corrected chi connectivity index (χ2v) is 25.6. The van der Waals surface area contributed by atoms with E-state index in [1.54, 1.807) is 0 Å². The zero-order valence-corrected chi connectivity index (χ0v) is 31.4. The molecule has 5 heterocycles. The molecule has 1 aromatic rings. The Morgan fingerprint density at radius 2 is 1.27 bits per heavy atom. The van der Waals surface area contributed by atoms with E-state index in [1.807, 2.05) is 7.11 Å². The molecule has 5 aliphatic heterocycles. The number of hydrogen-bond donors (Lipinski definition) is 2. The average molecular weight is 678 g/mol. The van der Waals surface area contributed by atoms with Crippen molar-refractivity contribution in [1.82, 2.24) is 32.8 Å². The van der Waals surface area contributed by atoms with Crippen LogP contribution in [0.25, 0.3) is 0 Å².